The number of alkyl halides is 1. The average molecular weight is 336 g/mol. The largest absolute Gasteiger partial charge is 0.465 e. The van der Waals surface area contributed by atoms with Crippen LogP contribution in [0.4, 0.5) is 9.18 Å². The van der Waals surface area contributed by atoms with E-state index in [-0.39, 0.29) is 5.41 Å². The molecule has 2 aliphatic heterocycles. The lowest BCUT2D eigenvalue weighted by Crippen LogP contribution is -2.48. The Morgan fingerprint density at radius 3 is 2.71 bits per heavy atom. The average Bonchev–Trinajstić information content (AvgIpc) is 2.66. The van der Waals surface area contributed by atoms with Crippen molar-refractivity contribution < 1.29 is 19.1 Å². The van der Waals surface area contributed by atoms with Crippen LogP contribution in [0.5, 0.6) is 0 Å². The zero-order valence-electron chi connectivity index (χ0n) is 13.8. The van der Waals surface area contributed by atoms with Gasteiger partial charge in [0.15, 0.2) is 0 Å². The summed E-state index contributed by atoms with van der Waals surface area (Å²) in [5.41, 5.74) is 1.72. The summed E-state index contributed by atoms with van der Waals surface area (Å²) < 4.78 is 15.3. The van der Waals surface area contributed by atoms with E-state index in [0.717, 1.165) is 17.1 Å². The van der Waals surface area contributed by atoms with Crippen molar-refractivity contribution in [3.63, 3.8) is 0 Å². The normalized spacial score (nSPS) is 33.0. The number of halogens is 1. The van der Waals surface area contributed by atoms with Crippen molar-refractivity contribution in [2.75, 3.05) is 13.6 Å². The first-order valence-corrected chi connectivity index (χ1v) is 8.27. The van der Waals surface area contributed by atoms with Crippen LogP contribution in [0.1, 0.15) is 41.5 Å². The van der Waals surface area contributed by atoms with Crippen LogP contribution in [0.25, 0.3) is 0 Å². The van der Waals surface area contributed by atoms with Crippen molar-refractivity contribution in [3.05, 3.63) is 17.0 Å². The molecule has 1 aromatic heterocycles. The summed E-state index contributed by atoms with van der Waals surface area (Å²) in [6.45, 7) is 3.59. The highest BCUT2D eigenvalue weighted by atomic mass is 19.1. The molecule has 3 aliphatic rings. The van der Waals surface area contributed by atoms with Crippen molar-refractivity contribution in [1.82, 2.24) is 19.6 Å². The molecular weight excluding hydrogens is 315 g/mol. The van der Waals surface area contributed by atoms with E-state index in [9.17, 15) is 19.1 Å². The van der Waals surface area contributed by atoms with E-state index in [1.54, 1.807) is 6.92 Å². The van der Waals surface area contributed by atoms with E-state index in [4.69, 9.17) is 0 Å². The fraction of sp³-hybridized carbons (Fsp3) is 0.688. The van der Waals surface area contributed by atoms with Gasteiger partial charge in [-0.05, 0) is 26.8 Å². The van der Waals surface area contributed by atoms with Gasteiger partial charge in [-0.25, -0.2) is 14.1 Å². The lowest BCUT2D eigenvalue weighted by molar-refractivity contribution is -0.0103. The fourth-order valence-corrected chi connectivity index (χ4v) is 4.59. The van der Waals surface area contributed by atoms with Gasteiger partial charge in [-0.1, -0.05) is 0 Å². The third-order valence-electron chi connectivity index (χ3n) is 5.52. The second-order valence-electron chi connectivity index (χ2n) is 7.61. The lowest BCUT2D eigenvalue weighted by atomic mass is 9.67. The Hall–Kier alpha value is -1.96. The number of carbonyl (C=O) groups excluding carboxylic acids is 1. The number of carbonyl (C=O) groups is 2. The summed E-state index contributed by atoms with van der Waals surface area (Å²) in [5, 5.41) is 13.9. The minimum Gasteiger partial charge on any atom is -0.465 e. The van der Waals surface area contributed by atoms with Gasteiger partial charge in [0.2, 0.25) is 0 Å². The third kappa shape index (κ3) is 2.16. The lowest BCUT2D eigenvalue weighted by Gasteiger charge is -2.45. The molecule has 1 saturated carbocycles. The Morgan fingerprint density at radius 1 is 1.38 bits per heavy atom. The highest BCUT2D eigenvalue weighted by molar-refractivity contribution is 6.05. The van der Waals surface area contributed by atoms with E-state index in [1.807, 2.05) is 11.7 Å². The number of carboxylic acid groups (broad SMARTS) is 1. The highest BCUT2D eigenvalue weighted by Crippen LogP contribution is 2.46. The Morgan fingerprint density at radius 2 is 2.08 bits per heavy atom. The SMILES string of the molecule is C[C@@H]1Cc2nn3c(c2C(=O)N1C(=O)O)CN(C)CC1(CC(F)C1)C3. The summed E-state index contributed by atoms with van der Waals surface area (Å²) in [5.74, 6) is -0.487. The van der Waals surface area contributed by atoms with E-state index in [0.29, 0.717) is 43.6 Å². The van der Waals surface area contributed by atoms with Crippen LogP contribution in [0, 0.1) is 5.41 Å². The van der Waals surface area contributed by atoms with Gasteiger partial charge in [-0.15, -0.1) is 0 Å². The summed E-state index contributed by atoms with van der Waals surface area (Å²) >= 11 is 0. The van der Waals surface area contributed by atoms with Crippen LogP contribution in [-0.4, -0.2) is 62.5 Å². The molecule has 2 amide bonds. The molecule has 1 aliphatic carbocycles. The number of amides is 2. The topological polar surface area (TPSA) is 78.7 Å². The van der Waals surface area contributed by atoms with Crippen LogP contribution < -0.4 is 0 Å². The molecule has 4 rings (SSSR count). The molecule has 1 N–H and O–H groups in total. The molecule has 1 spiro atoms. The molecule has 1 fully saturated rings. The summed E-state index contributed by atoms with van der Waals surface area (Å²) in [6.07, 6.45) is -0.513. The third-order valence-corrected chi connectivity index (χ3v) is 5.52. The van der Waals surface area contributed by atoms with Crippen molar-refractivity contribution >= 4 is 12.0 Å². The Labute approximate surface area is 139 Å². The van der Waals surface area contributed by atoms with Crippen LogP contribution in [0.2, 0.25) is 0 Å². The molecule has 3 heterocycles. The van der Waals surface area contributed by atoms with Crippen molar-refractivity contribution in [1.29, 1.82) is 0 Å². The molecule has 8 heteroatoms. The van der Waals surface area contributed by atoms with E-state index < -0.39 is 24.2 Å². The minimum absolute atomic E-state index is 0.130. The maximum atomic E-state index is 13.5. The molecule has 0 saturated heterocycles. The van der Waals surface area contributed by atoms with Crippen molar-refractivity contribution in [2.45, 2.75) is 51.5 Å². The first-order valence-electron chi connectivity index (χ1n) is 8.27. The van der Waals surface area contributed by atoms with Crippen LogP contribution in [0.3, 0.4) is 0 Å². The monoisotopic (exact) mass is 336 g/mol. The minimum atomic E-state index is -1.23. The van der Waals surface area contributed by atoms with E-state index in [2.05, 4.69) is 10.00 Å². The summed E-state index contributed by atoms with van der Waals surface area (Å²) in [4.78, 5) is 27.1. The smallest absolute Gasteiger partial charge is 0.414 e. The van der Waals surface area contributed by atoms with Gasteiger partial charge in [0, 0.05) is 37.5 Å². The molecule has 0 bridgehead atoms. The predicted octanol–water partition coefficient (Wildman–Crippen LogP) is 1.51. The molecule has 24 heavy (non-hydrogen) atoms. The van der Waals surface area contributed by atoms with E-state index >= 15 is 0 Å². The zero-order valence-corrected chi connectivity index (χ0v) is 13.8. The maximum Gasteiger partial charge on any atom is 0.414 e. The second-order valence-corrected chi connectivity index (χ2v) is 7.61. The van der Waals surface area contributed by atoms with Crippen LogP contribution >= 0.6 is 0 Å². The van der Waals surface area contributed by atoms with E-state index in [1.165, 1.54) is 0 Å². The number of rotatable bonds is 0. The predicted molar refractivity (Wildman–Crippen MR) is 82.5 cm³/mol. The molecule has 7 nitrogen and oxygen atoms in total. The molecular formula is C16H21FN4O3. The van der Waals surface area contributed by atoms with Gasteiger partial charge in [-0.2, -0.15) is 5.10 Å². The second kappa shape index (κ2) is 5.02. The molecule has 1 aromatic rings. The van der Waals surface area contributed by atoms with Crippen molar-refractivity contribution in [3.8, 4) is 0 Å². The molecule has 1 atom stereocenters. The number of nitrogens with zero attached hydrogens (tertiary/aromatic N) is 4. The summed E-state index contributed by atoms with van der Waals surface area (Å²) in [7, 11) is 1.95. The zero-order chi connectivity index (χ0) is 17.2. The van der Waals surface area contributed by atoms with Crippen molar-refractivity contribution in [2.24, 2.45) is 5.41 Å². The fourth-order valence-electron chi connectivity index (χ4n) is 4.59. The molecule has 0 unspecified atom stereocenters. The quantitative estimate of drug-likeness (QED) is 0.777. The van der Waals surface area contributed by atoms with Gasteiger partial charge >= 0.3 is 6.09 Å². The maximum absolute atomic E-state index is 13.5. The van der Waals surface area contributed by atoms with Gasteiger partial charge < -0.3 is 5.11 Å². The molecule has 0 radical (unpaired) electrons. The summed E-state index contributed by atoms with van der Waals surface area (Å²) in [6, 6.07) is -0.424. The number of hydrogen-bond acceptors (Lipinski definition) is 4. The Bertz CT molecular complexity index is 725. The number of hydrogen-bond donors (Lipinski definition) is 1. The molecule has 130 valence electrons. The first kappa shape index (κ1) is 15.6. The van der Waals surface area contributed by atoms with Gasteiger partial charge in [0.25, 0.3) is 5.91 Å². The highest BCUT2D eigenvalue weighted by Gasteiger charge is 2.48. The first-order chi connectivity index (χ1) is 11.3. The number of aromatic nitrogens is 2. The Kier molecular flexibility index (Phi) is 3.25. The van der Waals surface area contributed by atoms with Gasteiger partial charge in [0.1, 0.15) is 6.17 Å². The van der Waals surface area contributed by atoms with Crippen LogP contribution in [-0.2, 0) is 19.5 Å². The number of imide groups is 1. The van der Waals surface area contributed by atoms with Crippen LogP contribution in [0.15, 0.2) is 0 Å². The van der Waals surface area contributed by atoms with Gasteiger partial charge in [-0.3, -0.25) is 14.4 Å². The molecule has 0 aromatic carbocycles. The number of fused-ring (bicyclic) bond motifs is 3. The standard InChI is InChI=1S/C16H21FN4O3/c1-9-3-11-13(14(22)21(9)15(23)24)12-6-19(2)7-16(4-10(17)5-16)8-20(12)18-11/h9-10H,3-8H2,1-2H3,(H,23,24)/t9-,10?,16?/m1/s1. The van der Waals surface area contributed by atoms with Gasteiger partial charge in [0.05, 0.1) is 17.0 Å². The Balaban J connectivity index is 1.76.